The Morgan fingerprint density at radius 2 is 2.50 bits per heavy atom. The summed E-state index contributed by atoms with van der Waals surface area (Å²) in [4.78, 5) is 0. The number of hydrogen-bond donors (Lipinski definition) is 1. The van der Waals surface area contributed by atoms with E-state index in [9.17, 15) is 0 Å². The van der Waals surface area contributed by atoms with Gasteiger partial charge in [-0.3, -0.25) is 0 Å². The summed E-state index contributed by atoms with van der Waals surface area (Å²) in [5, 5.41) is 8.08. The summed E-state index contributed by atoms with van der Waals surface area (Å²) in [7, 11) is 5.10. The van der Waals surface area contributed by atoms with E-state index in [-0.39, 0.29) is 6.61 Å². The summed E-state index contributed by atoms with van der Waals surface area (Å²) in [5.41, 5.74) is 0.664. The Labute approximate surface area is 39.1 Å². The zero-order valence-electron chi connectivity index (χ0n) is 3.81. The Bertz CT molecular complexity index is 54.6. The van der Waals surface area contributed by atoms with Gasteiger partial charge in [0.2, 0.25) is 0 Å². The van der Waals surface area contributed by atoms with Crippen molar-refractivity contribution < 1.29 is 5.11 Å². The van der Waals surface area contributed by atoms with E-state index in [1.807, 2.05) is 0 Å². The molecule has 0 saturated carbocycles. The molecule has 6 heavy (non-hydrogen) atoms. The molecule has 0 unspecified atom stereocenters. The van der Waals surface area contributed by atoms with Gasteiger partial charge in [0.15, 0.2) is 0 Å². The van der Waals surface area contributed by atoms with Crippen LogP contribution in [-0.2, 0) is 0 Å². The minimum atomic E-state index is 0.0440. The maximum atomic E-state index is 8.08. The molecule has 0 aromatic carbocycles. The van der Waals surface area contributed by atoms with Crippen LogP contribution in [0.15, 0.2) is 11.5 Å². The molecule has 1 N–H and O–H groups in total. The van der Waals surface area contributed by atoms with E-state index in [1.54, 1.807) is 13.0 Å². The first kappa shape index (κ1) is 5.76. The molecule has 0 aromatic heterocycles. The molecule has 0 atom stereocenters. The molecule has 0 heterocycles. The second-order valence-electron chi connectivity index (χ2n) is 1.13. The van der Waals surface area contributed by atoms with Crippen molar-refractivity contribution in [3.05, 3.63) is 11.5 Å². The first-order valence-electron chi connectivity index (χ1n) is 1.80. The fraction of sp³-hybridized carbons (Fsp3) is 0.500. The molecule has 2 radical (unpaired) electrons. The smallest absolute Gasteiger partial charge is 0.107 e. The van der Waals surface area contributed by atoms with Crippen LogP contribution >= 0.6 is 0 Å². The van der Waals surface area contributed by atoms with Crippen molar-refractivity contribution >= 4 is 7.85 Å². The maximum Gasteiger partial charge on any atom is 0.107 e. The average molecular weight is 81.9 g/mol. The average Bonchev–Trinajstić information content (AvgIpc) is 1.35. The Balaban J connectivity index is 3.14. The fourth-order valence-electron chi connectivity index (χ4n) is 0.144. The van der Waals surface area contributed by atoms with E-state index >= 15 is 0 Å². The Morgan fingerprint density at radius 3 is 2.50 bits per heavy atom. The molecule has 0 fully saturated rings. The minimum absolute atomic E-state index is 0.0440. The lowest BCUT2D eigenvalue weighted by Gasteiger charge is -1.80. The number of rotatable bonds is 1. The van der Waals surface area contributed by atoms with Crippen LogP contribution in [-0.4, -0.2) is 19.6 Å². The fourth-order valence-corrected chi connectivity index (χ4v) is 0.144. The van der Waals surface area contributed by atoms with Crippen LogP contribution in [0, 0.1) is 0 Å². The molecule has 0 aromatic rings. The van der Waals surface area contributed by atoms with Crippen LogP contribution in [0.5, 0.6) is 0 Å². The highest BCUT2D eigenvalue weighted by Gasteiger charge is 1.68. The van der Waals surface area contributed by atoms with Crippen molar-refractivity contribution in [1.29, 1.82) is 0 Å². The topological polar surface area (TPSA) is 20.2 Å². The third kappa shape index (κ3) is 3.76. The van der Waals surface area contributed by atoms with Crippen LogP contribution in [0.1, 0.15) is 6.92 Å². The molecule has 0 aliphatic heterocycles. The van der Waals surface area contributed by atoms with Gasteiger partial charge in [-0.1, -0.05) is 13.0 Å². The van der Waals surface area contributed by atoms with Crippen LogP contribution in [0.25, 0.3) is 0 Å². The number of hydrogen-bond acceptors (Lipinski definition) is 1. The van der Waals surface area contributed by atoms with Gasteiger partial charge in [0.25, 0.3) is 0 Å². The molecule has 2 heteroatoms. The lowest BCUT2D eigenvalue weighted by molar-refractivity contribution is 0.342. The molecule has 0 bridgehead atoms. The van der Waals surface area contributed by atoms with E-state index < -0.39 is 0 Å². The van der Waals surface area contributed by atoms with Crippen molar-refractivity contribution in [3.8, 4) is 0 Å². The number of aliphatic hydroxyl groups excluding tert-OH is 1. The van der Waals surface area contributed by atoms with Gasteiger partial charge >= 0.3 is 0 Å². The predicted octanol–water partition coefficient (Wildman–Crippen LogP) is 0.0510. The quantitative estimate of drug-likeness (QED) is 0.443. The van der Waals surface area contributed by atoms with Gasteiger partial charge in [0.05, 0.1) is 6.61 Å². The van der Waals surface area contributed by atoms with Gasteiger partial charge in [-0.15, -0.1) is 5.47 Å². The van der Waals surface area contributed by atoms with Gasteiger partial charge in [-0.25, -0.2) is 0 Å². The predicted molar refractivity (Wildman–Crippen MR) is 26.6 cm³/mol. The summed E-state index contributed by atoms with van der Waals surface area (Å²) >= 11 is 0. The first-order chi connectivity index (χ1) is 2.77. The Hall–Kier alpha value is -0.235. The van der Waals surface area contributed by atoms with Gasteiger partial charge < -0.3 is 5.11 Å². The lowest BCUT2D eigenvalue weighted by Crippen LogP contribution is -1.75. The zero-order chi connectivity index (χ0) is 4.99. The van der Waals surface area contributed by atoms with Gasteiger partial charge in [0, 0.05) is 0 Å². The van der Waals surface area contributed by atoms with E-state index in [1.165, 1.54) is 0 Å². The summed E-state index contributed by atoms with van der Waals surface area (Å²) in [6, 6.07) is 0. The first-order valence-corrected chi connectivity index (χ1v) is 1.80. The van der Waals surface area contributed by atoms with Gasteiger partial charge in [-0.05, 0) is 0 Å². The van der Waals surface area contributed by atoms with Crippen molar-refractivity contribution in [1.82, 2.24) is 0 Å². The molecule has 0 amide bonds. The van der Waals surface area contributed by atoms with E-state index in [0.29, 0.717) is 5.47 Å². The SMILES string of the molecule is [B]/C(C)=C/CO. The van der Waals surface area contributed by atoms with Crippen molar-refractivity contribution in [2.45, 2.75) is 6.92 Å². The van der Waals surface area contributed by atoms with Crippen LogP contribution in [0.2, 0.25) is 0 Å². The monoisotopic (exact) mass is 82.1 g/mol. The number of allylic oxidation sites excluding steroid dienone is 1. The Kier molecular flexibility index (Phi) is 2.86. The highest BCUT2D eigenvalue weighted by Crippen LogP contribution is 1.77. The number of aliphatic hydroxyl groups is 1. The highest BCUT2D eigenvalue weighted by atomic mass is 16.2. The highest BCUT2D eigenvalue weighted by molar-refractivity contribution is 6.21. The zero-order valence-corrected chi connectivity index (χ0v) is 3.81. The van der Waals surface area contributed by atoms with Gasteiger partial charge in [-0.2, -0.15) is 0 Å². The standard InChI is InChI=1S/C4H7BO/c1-4(5)2-3-6/h2,6H,3H2,1H3/b4-2+. The third-order valence-electron chi connectivity index (χ3n) is 0.413. The molecular formula is C4H7BO. The molecule has 0 rings (SSSR count). The lowest BCUT2D eigenvalue weighted by atomic mass is 9.98. The second kappa shape index (κ2) is 2.97. The summed E-state index contributed by atoms with van der Waals surface area (Å²) in [6.45, 7) is 1.78. The molecule has 1 nitrogen and oxygen atoms in total. The van der Waals surface area contributed by atoms with E-state index in [4.69, 9.17) is 13.0 Å². The molecule has 0 spiro atoms. The molecule has 32 valence electrons. The van der Waals surface area contributed by atoms with E-state index in [0.717, 1.165) is 0 Å². The summed E-state index contributed by atoms with van der Waals surface area (Å²) in [6.07, 6.45) is 1.54. The molecule has 0 saturated heterocycles. The molecule has 0 aliphatic rings. The van der Waals surface area contributed by atoms with Crippen molar-refractivity contribution in [3.63, 3.8) is 0 Å². The van der Waals surface area contributed by atoms with Crippen LogP contribution in [0.4, 0.5) is 0 Å². The Morgan fingerprint density at radius 1 is 2.00 bits per heavy atom. The molecular weight excluding hydrogens is 74.9 g/mol. The largest absolute Gasteiger partial charge is 0.392 e. The van der Waals surface area contributed by atoms with Crippen LogP contribution in [0.3, 0.4) is 0 Å². The van der Waals surface area contributed by atoms with Gasteiger partial charge in [0.1, 0.15) is 7.85 Å². The normalized spacial score (nSPS) is 12.0. The van der Waals surface area contributed by atoms with E-state index in [2.05, 4.69) is 0 Å². The van der Waals surface area contributed by atoms with Crippen molar-refractivity contribution in [2.24, 2.45) is 0 Å². The summed E-state index contributed by atoms with van der Waals surface area (Å²) < 4.78 is 0. The summed E-state index contributed by atoms with van der Waals surface area (Å²) in [5.74, 6) is 0. The third-order valence-corrected chi connectivity index (χ3v) is 0.413. The maximum absolute atomic E-state index is 8.08. The minimum Gasteiger partial charge on any atom is -0.392 e. The van der Waals surface area contributed by atoms with Crippen molar-refractivity contribution in [2.75, 3.05) is 6.61 Å². The second-order valence-corrected chi connectivity index (χ2v) is 1.13. The molecule has 0 aliphatic carbocycles. The van der Waals surface area contributed by atoms with Crippen LogP contribution < -0.4 is 0 Å².